The number of rotatable bonds is 9. The first-order valence-corrected chi connectivity index (χ1v) is 10.8. The van der Waals surface area contributed by atoms with Crippen LogP contribution in [-0.4, -0.2) is 47.3 Å². The highest BCUT2D eigenvalue weighted by atomic mass is 16.5. The number of esters is 1. The maximum Gasteiger partial charge on any atom is 0.354 e. The molecule has 0 saturated heterocycles. The number of nitrogens with zero attached hydrogens (tertiary/aromatic N) is 2. The summed E-state index contributed by atoms with van der Waals surface area (Å²) in [6, 6.07) is 7.42. The number of amides is 1. The lowest BCUT2D eigenvalue weighted by Crippen LogP contribution is -2.37. The number of ether oxygens (including phenoxy) is 1. The van der Waals surface area contributed by atoms with Gasteiger partial charge in [-0.15, -0.1) is 0 Å². The van der Waals surface area contributed by atoms with Gasteiger partial charge in [-0.1, -0.05) is 32.0 Å². The molecule has 168 valence electrons. The lowest BCUT2D eigenvalue weighted by molar-refractivity contribution is 0.0587. The molecule has 1 aromatic carbocycles. The number of aromatic nitrogens is 1. The van der Waals surface area contributed by atoms with Crippen molar-refractivity contribution >= 4 is 17.7 Å². The first kappa shape index (κ1) is 24.4. The van der Waals surface area contributed by atoms with Crippen LogP contribution in [0.2, 0.25) is 0 Å². The second-order valence-electron chi connectivity index (χ2n) is 8.32. The lowest BCUT2D eigenvalue weighted by Gasteiger charge is -2.24. The van der Waals surface area contributed by atoms with Crippen LogP contribution in [0, 0.1) is 26.7 Å². The van der Waals surface area contributed by atoms with Gasteiger partial charge in [-0.2, -0.15) is 0 Å². The molecular formula is C25H34N2O4. The lowest BCUT2D eigenvalue weighted by atomic mass is 10.0. The molecule has 31 heavy (non-hydrogen) atoms. The van der Waals surface area contributed by atoms with E-state index in [2.05, 4.69) is 13.8 Å². The maximum absolute atomic E-state index is 13.4. The Labute approximate surface area is 185 Å². The molecular weight excluding hydrogens is 392 g/mol. The quantitative estimate of drug-likeness (QED) is 0.434. The van der Waals surface area contributed by atoms with Gasteiger partial charge in [-0.25, -0.2) is 4.79 Å². The van der Waals surface area contributed by atoms with Crippen LogP contribution in [0.25, 0.3) is 0 Å². The van der Waals surface area contributed by atoms with Gasteiger partial charge >= 0.3 is 5.97 Å². The fourth-order valence-corrected chi connectivity index (χ4v) is 3.96. The van der Waals surface area contributed by atoms with Crippen LogP contribution >= 0.6 is 0 Å². The minimum Gasteiger partial charge on any atom is -0.464 e. The topological polar surface area (TPSA) is 68.6 Å². The van der Waals surface area contributed by atoms with E-state index in [1.807, 2.05) is 39.0 Å². The predicted octanol–water partition coefficient (Wildman–Crippen LogP) is 4.59. The Bertz CT molecular complexity index is 972. The largest absolute Gasteiger partial charge is 0.464 e. The third-order valence-electron chi connectivity index (χ3n) is 5.71. The average molecular weight is 427 g/mol. The minimum atomic E-state index is -0.464. The maximum atomic E-state index is 13.4. The second-order valence-corrected chi connectivity index (χ2v) is 8.32. The number of hydrogen-bond acceptors (Lipinski definition) is 4. The van der Waals surface area contributed by atoms with E-state index < -0.39 is 5.97 Å². The number of carbonyl (C=O) groups is 3. The molecule has 1 aromatic heterocycles. The van der Waals surface area contributed by atoms with E-state index >= 15 is 0 Å². The van der Waals surface area contributed by atoms with E-state index in [0.717, 1.165) is 17.7 Å². The molecule has 0 atom stereocenters. The normalized spacial score (nSPS) is 11.0. The van der Waals surface area contributed by atoms with Crippen LogP contribution in [0.1, 0.15) is 75.2 Å². The van der Waals surface area contributed by atoms with Crippen LogP contribution in [-0.2, 0) is 11.3 Å². The van der Waals surface area contributed by atoms with E-state index in [4.69, 9.17) is 4.74 Å². The summed E-state index contributed by atoms with van der Waals surface area (Å²) in [4.78, 5) is 40.6. The SMILES string of the molecule is CCn1c(C)c(C(=O)CN(CCC(C)C)C(=O)c2ccccc2C)c(C)c1C(=O)OC. The van der Waals surface area contributed by atoms with Gasteiger partial charge in [0, 0.05) is 29.9 Å². The third kappa shape index (κ3) is 5.24. The van der Waals surface area contributed by atoms with Crippen molar-refractivity contribution in [1.29, 1.82) is 0 Å². The van der Waals surface area contributed by atoms with Gasteiger partial charge in [0.25, 0.3) is 5.91 Å². The summed E-state index contributed by atoms with van der Waals surface area (Å²) in [5.41, 5.74) is 3.70. The second kappa shape index (κ2) is 10.4. The Morgan fingerprint density at radius 3 is 2.29 bits per heavy atom. The van der Waals surface area contributed by atoms with Gasteiger partial charge in [0.15, 0.2) is 5.78 Å². The summed E-state index contributed by atoms with van der Waals surface area (Å²) in [5.74, 6) is -0.379. The molecule has 0 fully saturated rings. The van der Waals surface area contributed by atoms with Crippen molar-refractivity contribution in [1.82, 2.24) is 9.47 Å². The van der Waals surface area contributed by atoms with Crippen molar-refractivity contribution in [2.24, 2.45) is 5.92 Å². The van der Waals surface area contributed by atoms with Crippen molar-refractivity contribution < 1.29 is 19.1 Å². The standard InChI is InChI=1S/C25H34N2O4/c1-8-27-19(6)22(18(5)23(27)25(30)31-7)21(28)15-26(14-13-16(2)3)24(29)20-12-10-9-11-17(20)4/h9-12,16H,8,13-15H2,1-7H3. The fourth-order valence-electron chi connectivity index (χ4n) is 3.96. The van der Waals surface area contributed by atoms with E-state index in [-0.39, 0.29) is 18.2 Å². The van der Waals surface area contributed by atoms with Crippen LogP contribution in [0.15, 0.2) is 24.3 Å². The van der Waals surface area contributed by atoms with E-state index in [9.17, 15) is 14.4 Å². The minimum absolute atomic E-state index is 0.0318. The third-order valence-corrected chi connectivity index (χ3v) is 5.71. The zero-order chi connectivity index (χ0) is 23.3. The number of aryl methyl sites for hydroxylation is 1. The molecule has 0 saturated carbocycles. The number of methoxy groups -OCH3 is 1. The first-order valence-electron chi connectivity index (χ1n) is 10.8. The summed E-state index contributed by atoms with van der Waals surface area (Å²) in [5, 5.41) is 0. The molecule has 0 radical (unpaired) electrons. The van der Waals surface area contributed by atoms with Crippen LogP contribution < -0.4 is 0 Å². The summed E-state index contributed by atoms with van der Waals surface area (Å²) >= 11 is 0. The molecule has 6 nitrogen and oxygen atoms in total. The Hall–Kier alpha value is -2.89. The highest BCUT2D eigenvalue weighted by Gasteiger charge is 2.28. The molecule has 0 unspecified atom stereocenters. The molecule has 0 N–H and O–H groups in total. The summed E-state index contributed by atoms with van der Waals surface area (Å²) in [6.07, 6.45) is 0.798. The van der Waals surface area contributed by atoms with Crippen molar-refractivity contribution in [3.63, 3.8) is 0 Å². The predicted molar refractivity (Wildman–Crippen MR) is 122 cm³/mol. The molecule has 2 rings (SSSR count). The molecule has 0 spiro atoms. The van der Waals surface area contributed by atoms with E-state index in [0.29, 0.717) is 41.4 Å². The molecule has 0 bridgehead atoms. The van der Waals surface area contributed by atoms with E-state index in [1.54, 1.807) is 22.5 Å². The van der Waals surface area contributed by atoms with Gasteiger partial charge in [0.05, 0.1) is 13.7 Å². The van der Waals surface area contributed by atoms with Gasteiger partial charge in [-0.3, -0.25) is 9.59 Å². The van der Waals surface area contributed by atoms with Crippen molar-refractivity contribution in [3.05, 3.63) is 57.9 Å². The Kier molecular flexibility index (Phi) is 8.20. The van der Waals surface area contributed by atoms with E-state index in [1.165, 1.54) is 7.11 Å². The van der Waals surface area contributed by atoms with Crippen LogP contribution in [0.5, 0.6) is 0 Å². The smallest absolute Gasteiger partial charge is 0.354 e. The van der Waals surface area contributed by atoms with Gasteiger partial charge in [-0.05, 0) is 57.2 Å². The zero-order valence-corrected chi connectivity index (χ0v) is 19.7. The van der Waals surface area contributed by atoms with Gasteiger partial charge < -0.3 is 14.2 Å². The number of carbonyl (C=O) groups excluding carboxylic acids is 3. The fraction of sp³-hybridized carbons (Fsp3) is 0.480. The zero-order valence-electron chi connectivity index (χ0n) is 19.7. The van der Waals surface area contributed by atoms with Crippen LogP contribution in [0.4, 0.5) is 0 Å². The average Bonchev–Trinajstić information content (AvgIpc) is 2.99. The molecule has 6 heteroatoms. The first-order chi connectivity index (χ1) is 14.6. The van der Waals surface area contributed by atoms with Crippen molar-refractivity contribution in [2.75, 3.05) is 20.2 Å². The monoisotopic (exact) mass is 426 g/mol. The van der Waals surface area contributed by atoms with Crippen LogP contribution in [0.3, 0.4) is 0 Å². The summed E-state index contributed by atoms with van der Waals surface area (Å²) in [7, 11) is 1.33. The molecule has 0 aliphatic heterocycles. The Morgan fingerprint density at radius 1 is 1.10 bits per heavy atom. The number of benzene rings is 1. The van der Waals surface area contributed by atoms with Crippen molar-refractivity contribution in [2.45, 2.75) is 54.5 Å². The Morgan fingerprint density at radius 2 is 1.74 bits per heavy atom. The highest BCUT2D eigenvalue weighted by molar-refractivity contribution is 6.06. The summed E-state index contributed by atoms with van der Waals surface area (Å²) in [6.45, 7) is 12.6. The van der Waals surface area contributed by atoms with Gasteiger partial charge in [0.2, 0.25) is 0 Å². The number of hydrogen-bond donors (Lipinski definition) is 0. The highest BCUT2D eigenvalue weighted by Crippen LogP contribution is 2.24. The number of ketones is 1. The Balaban J connectivity index is 2.42. The molecule has 0 aliphatic rings. The molecule has 1 heterocycles. The molecule has 1 amide bonds. The van der Waals surface area contributed by atoms with Crippen molar-refractivity contribution in [3.8, 4) is 0 Å². The number of Topliss-reactive ketones (excluding diaryl/α,β-unsaturated/α-hetero) is 1. The summed E-state index contributed by atoms with van der Waals surface area (Å²) < 4.78 is 6.73. The molecule has 2 aromatic rings. The molecule has 0 aliphatic carbocycles. The van der Waals surface area contributed by atoms with Gasteiger partial charge in [0.1, 0.15) is 5.69 Å².